The molecular weight excluding hydrogens is 502 g/mol. The maximum Gasteiger partial charge on any atom is 0.434 e. The SMILES string of the molecule is CCNC(=NCCc1nc(C(F)(F)F)cs1)NC1CC2CCCC(C1)N2C.I. The summed E-state index contributed by atoms with van der Waals surface area (Å²) in [5, 5.41) is 8.33. The van der Waals surface area contributed by atoms with E-state index in [9.17, 15) is 13.2 Å². The number of aromatic nitrogens is 1. The van der Waals surface area contributed by atoms with E-state index in [-0.39, 0.29) is 24.0 Å². The van der Waals surface area contributed by atoms with Gasteiger partial charge >= 0.3 is 6.18 Å². The Morgan fingerprint density at radius 3 is 2.57 bits per heavy atom. The number of halogens is 4. The minimum atomic E-state index is -4.37. The maximum atomic E-state index is 12.6. The van der Waals surface area contributed by atoms with E-state index in [0.29, 0.717) is 36.1 Å². The van der Waals surface area contributed by atoms with Gasteiger partial charge < -0.3 is 15.5 Å². The number of hydrogen-bond acceptors (Lipinski definition) is 4. The van der Waals surface area contributed by atoms with Gasteiger partial charge in [0, 0.05) is 43.0 Å². The fourth-order valence-corrected chi connectivity index (χ4v) is 4.86. The molecule has 5 nitrogen and oxygen atoms in total. The molecule has 2 aliphatic rings. The molecule has 0 amide bonds. The second kappa shape index (κ2) is 10.4. The molecule has 1 aromatic rings. The van der Waals surface area contributed by atoms with Crippen molar-refractivity contribution >= 4 is 41.3 Å². The van der Waals surface area contributed by atoms with Crippen LogP contribution in [0.2, 0.25) is 0 Å². The smallest absolute Gasteiger partial charge is 0.357 e. The minimum Gasteiger partial charge on any atom is -0.357 e. The molecule has 2 N–H and O–H groups in total. The molecule has 1 aromatic heterocycles. The number of nitrogens with one attached hydrogen (secondary N) is 2. The van der Waals surface area contributed by atoms with Gasteiger partial charge in [-0.1, -0.05) is 6.42 Å². The van der Waals surface area contributed by atoms with Gasteiger partial charge in [0.05, 0.1) is 5.01 Å². The van der Waals surface area contributed by atoms with Crippen LogP contribution in [0.3, 0.4) is 0 Å². The Hall–Kier alpha value is -0.620. The van der Waals surface area contributed by atoms with Crippen LogP contribution in [0.25, 0.3) is 0 Å². The number of nitrogens with zero attached hydrogens (tertiary/aromatic N) is 3. The van der Waals surface area contributed by atoms with Crippen molar-refractivity contribution in [2.24, 2.45) is 4.99 Å². The summed E-state index contributed by atoms with van der Waals surface area (Å²) in [4.78, 5) is 10.7. The first kappa shape index (κ1) is 23.7. The van der Waals surface area contributed by atoms with Gasteiger partial charge in [-0.15, -0.1) is 35.3 Å². The van der Waals surface area contributed by atoms with Gasteiger partial charge in [-0.3, -0.25) is 4.99 Å². The summed E-state index contributed by atoms with van der Waals surface area (Å²) in [5.74, 6) is 0.748. The number of rotatable bonds is 5. The zero-order valence-corrected chi connectivity index (χ0v) is 19.4. The molecule has 2 bridgehead atoms. The third kappa shape index (κ3) is 6.19. The van der Waals surface area contributed by atoms with Crippen molar-refractivity contribution in [2.45, 2.75) is 69.8 Å². The Morgan fingerprint density at radius 1 is 1.32 bits per heavy atom. The summed E-state index contributed by atoms with van der Waals surface area (Å²) in [5.41, 5.74) is -0.811. The lowest BCUT2D eigenvalue weighted by molar-refractivity contribution is -0.140. The van der Waals surface area contributed by atoms with Crippen LogP contribution < -0.4 is 10.6 Å². The Kier molecular flexibility index (Phi) is 8.80. The highest BCUT2D eigenvalue weighted by Crippen LogP contribution is 2.32. The van der Waals surface area contributed by atoms with Gasteiger partial charge in [0.2, 0.25) is 0 Å². The third-order valence-corrected chi connectivity index (χ3v) is 6.37. The molecule has 160 valence electrons. The van der Waals surface area contributed by atoms with Crippen LogP contribution in [0, 0.1) is 0 Å². The summed E-state index contributed by atoms with van der Waals surface area (Å²) in [6.07, 6.45) is 2.08. The second-order valence-electron chi connectivity index (χ2n) is 7.35. The fourth-order valence-electron chi connectivity index (χ4n) is 4.07. The number of fused-ring (bicyclic) bond motifs is 2. The van der Waals surface area contributed by atoms with Crippen LogP contribution in [-0.4, -0.2) is 54.1 Å². The molecule has 2 atom stereocenters. The molecule has 28 heavy (non-hydrogen) atoms. The molecule has 0 spiro atoms. The third-order valence-electron chi connectivity index (χ3n) is 5.46. The van der Waals surface area contributed by atoms with E-state index in [1.807, 2.05) is 6.92 Å². The second-order valence-corrected chi connectivity index (χ2v) is 8.29. The number of alkyl halides is 3. The lowest BCUT2D eigenvalue weighted by Gasteiger charge is -2.47. The Labute approximate surface area is 185 Å². The molecule has 0 radical (unpaired) electrons. The zero-order chi connectivity index (χ0) is 19.4. The summed E-state index contributed by atoms with van der Waals surface area (Å²) in [7, 11) is 2.23. The summed E-state index contributed by atoms with van der Waals surface area (Å²) >= 11 is 1.04. The molecule has 2 fully saturated rings. The highest BCUT2D eigenvalue weighted by molar-refractivity contribution is 14.0. The van der Waals surface area contributed by atoms with Crippen LogP contribution in [0.5, 0.6) is 0 Å². The van der Waals surface area contributed by atoms with Crippen LogP contribution in [-0.2, 0) is 12.6 Å². The van der Waals surface area contributed by atoms with Crippen molar-refractivity contribution in [3.8, 4) is 0 Å². The van der Waals surface area contributed by atoms with E-state index in [4.69, 9.17) is 0 Å². The first-order valence-corrected chi connectivity index (χ1v) is 10.5. The van der Waals surface area contributed by atoms with E-state index in [2.05, 4.69) is 32.6 Å². The van der Waals surface area contributed by atoms with E-state index in [0.717, 1.165) is 42.1 Å². The van der Waals surface area contributed by atoms with Gasteiger partial charge in [-0.2, -0.15) is 13.2 Å². The highest BCUT2D eigenvalue weighted by Gasteiger charge is 2.36. The largest absolute Gasteiger partial charge is 0.434 e. The Balaban J connectivity index is 0.00000280. The molecule has 0 aliphatic carbocycles. The number of aliphatic imine (C=N–C) groups is 1. The quantitative estimate of drug-likeness (QED) is 0.344. The van der Waals surface area contributed by atoms with Crippen LogP contribution in [0.15, 0.2) is 10.4 Å². The highest BCUT2D eigenvalue weighted by atomic mass is 127. The molecule has 2 unspecified atom stereocenters. The molecule has 2 aliphatic heterocycles. The predicted molar refractivity (Wildman–Crippen MR) is 118 cm³/mol. The summed E-state index contributed by atoms with van der Waals surface area (Å²) in [6, 6.07) is 1.66. The van der Waals surface area contributed by atoms with E-state index in [1.165, 1.54) is 19.3 Å². The summed E-state index contributed by atoms with van der Waals surface area (Å²) in [6.45, 7) is 3.18. The molecule has 3 heterocycles. The lowest BCUT2D eigenvalue weighted by atomic mass is 9.82. The first-order valence-electron chi connectivity index (χ1n) is 9.65. The van der Waals surface area contributed by atoms with Gasteiger partial charge in [0.25, 0.3) is 0 Å². The molecular formula is C18H29F3IN5S. The molecule has 0 saturated carbocycles. The van der Waals surface area contributed by atoms with Gasteiger partial charge in [0.15, 0.2) is 11.7 Å². The monoisotopic (exact) mass is 531 g/mol. The lowest BCUT2D eigenvalue weighted by Crippen LogP contribution is -2.56. The van der Waals surface area contributed by atoms with Crippen LogP contribution in [0.1, 0.15) is 49.7 Å². The molecule has 2 saturated heterocycles. The molecule has 0 aromatic carbocycles. The minimum absolute atomic E-state index is 0. The van der Waals surface area contributed by atoms with Crippen molar-refractivity contribution in [3.63, 3.8) is 0 Å². The number of hydrogen-bond donors (Lipinski definition) is 2. The van der Waals surface area contributed by atoms with Crippen LogP contribution in [0.4, 0.5) is 13.2 Å². The molecule has 10 heteroatoms. The van der Waals surface area contributed by atoms with Crippen molar-refractivity contribution in [1.29, 1.82) is 0 Å². The van der Waals surface area contributed by atoms with Crippen molar-refractivity contribution in [2.75, 3.05) is 20.1 Å². The van der Waals surface area contributed by atoms with E-state index >= 15 is 0 Å². The van der Waals surface area contributed by atoms with E-state index in [1.54, 1.807) is 0 Å². The number of thiazole rings is 1. The van der Waals surface area contributed by atoms with Crippen molar-refractivity contribution < 1.29 is 13.2 Å². The fraction of sp³-hybridized carbons (Fsp3) is 0.778. The van der Waals surface area contributed by atoms with E-state index < -0.39 is 11.9 Å². The standard InChI is InChI=1S/C18H28F3N5S.HI/c1-3-22-17(23-8-7-16-25-15(11-27-16)18(19,20)21)24-12-9-13-5-4-6-14(10-12)26(13)2;/h11-14H,3-10H2,1-2H3,(H2,22,23,24);1H. The Morgan fingerprint density at radius 2 is 2.00 bits per heavy atom. The maximum absolute atomic E-state index is 12.6. The Bertz CT molecular complexity index is 637. The van der Waals surface area contributed by atoms with Gasteiger partial charge in [-0.25, -0.2) is 4.98 Å². The number of piperidine rings is 2. The normalized spacial score (nSPS) is 25.9. The average molecular weight is 531 g/mol. The summed E-state index contributed by atoms with van der Waals surface area (Å²) < 4.78 is 37.9. The number of guanidine groups is 1. The van der Waals surface area contributed by atoms with Gasteiger partial charge in [-0.05, 0) is 39.7 Å². The average Bonchev–Trinajstić information content (AvgIpc) is 3.05. The van der Waals surface area contributed by atoms with Gasteiger partial charge in [0.1, 0.15) is 0 Å². The topological polar surface area (TPSA) is 52.6 Å². The zero-order valence-electron chi connectivity index (χ0n) is 16.3. The van der Waals surface area contributed by atoms with Crippen molar-refractivity contribution in [3.05, 3.63) is 16.1 Å². The van der Waals surface area contributed by atoms with Crippen LogP contribution >= 0.6 is 35.3 Å². The predicted octanol–water partition coefficient (Wildman–Crippen LogP) is 3.89. The first-order chi connectivity index (χ1) is 12.9. The van der Waals surface area contributed by atoms with Crippen molar-refractivity contribution in [1.82, 2.24) is 20.5 Å². The molecule has 3 rings (SSSR count).